The Hall–Kier alpha value is -1.70. The Kier molecular flexibility index (Phi) is 5.02. The Labute approximate surface area is 112 Å². The third-order valence-corrected chi connectivity index (χ3v) is 2.28. The highest BCUT2D eigenvalue weighted by molar-refractivity contribution is 7.80. The second-order valence-corrected chi connectivity index (χ2v) is 4.43. The van der Waals surface area contributed by atoms with Gasteiger partial charge in [0.1, 0.15) is 0 Å². The molecular formula is C10H19N7S. The fourth-order valence-corrected chi connectivity index (χ4v) is 1.25. The van der Waals surface area contributed by atoms with Crippen molar-refractivity contribution in [2.24, 2.45) is 5.73 Å². The Morgan fingerprint density at radius 2 is 1.94 bits per heavy atom. The number of anilines is 3. The predicted octanol–water partition coefficient (Wildman–Crippen LogP) is 0.803. The molecule has 1 aromatic rings. The number of nitrogens with zero attached hydrogens (tertiary/aromatic N) is 4. The summed E-state index contributed by atoms with van der Waals surface area (Å²) < 4.78 is 0. The van der Waals surface area contributed by atoms with E-state index in [0.717, 1.165) is 6.54 Å². The summed E-state index contributed by atoms with van der Waals surface area (Å²) in [6.45, 7) is 6.71. The average Bonchev–Trinajstić information content (AvgIpc) is 2.27. The third-order valence-electron chi connectivity index (χ3n) is 2.01. The Morgan fingerprint density at radius 1 is 1.33 bits per heavy atom. The molecule has 0 aliphatic carbocycles. The summed E-state index contributed by atoms with van der Waals surface area (Å²) in [5, 5.41) is 6.37. The van der Waals surface area contributed by atoms with Crippen molar-refractivity contribution in [2.45, 2.75) is 26.8 Å². The minimum atomic E-state index is 0.208. The minimum absolute atomic E-state index is 0.208. The number of thiocarbonyl (C=S) groups is 1. The van der Waals surface area contributed by atoms with Crippen LogP contribution < -0.4 is 21.3 Å². The van der Waals surface area contributed by atoms with Crippen LogP contribution in [0.3, 0.4) is 0 Å². The van der Waals surface area contributed by atoms with Gasteiger partial charge < -0.3 is 16.4 Å². The quantitative estimate of drug-likeness (QED) is 0.676. The molecule has 0 unspecified atom stereocenters. The van der Waals surface area contributed by atoms with Gasteiger partial charge in [-0.1, -0.05) is 0 Å². The SMILES string of the molecule is CCNc1nc(NC(C)C)nc(N(C)C(N)=S)n1. The van der Waals surface area contributed by atoms with Crippen molar-refractivity contribution in [3.63, 3.8) is 0 Å². The molecule has 0 atom stereocenters. The lowest BCUT2D eigenvalue weighted by Crippen LogP contribution is -2.33. The molecule has 0 amide bonds. The molecule has 0 bridgehead atoms. The highest BCUT2D eigenvalue weighted by Crippen LogP contribution is 2.12. The molecule has 0 aliphatic heterocycles. The first-order chi connectivity index (χ1) is 8.43. The van der Waals surface area contributed by atoms with Gasteiger partial charge in [-0.15, -0.1) is 0 Å². The largest absolute Gasteiger partial charge is 0.376 e. The summed E-state index contributed by atoms with van der Waals surface area (Å²) in [5.74, 6) is 1.40. The van der Waals surface area contributed by atoms with Gasteiger partial charge in [-0.05, 0) is 33.0 Å². The first kappa shape index (κ1) is 14.4. The van der Waals surface area contributed by atoms with Crippen LogP contribution in [0.2, 0.25) is 0 Å². The zero-order chi connectivity index (χ0) is 13.7. The zero-order valence-corrected chi connectivity index (χ0v) is 11.9. The number of nitrogens with one attached hydrogen (secondary N) is 2. The van der Waals surface area contributed by atoms with Crippen molar-refractivity contribution in [2.75, 3.05) is 29.1 Å². The van der Waals surface area contributed by atoms with Gasteiger partial charge in [0.15, 0.2) is 5.11 Å². The second-order valence-electron chi connectivity index (χ2n) is 4.01. The van der Waals surface area contributed by atoms with Crippen molar-refractivity contribution in [1.29, 1.82) is 0 Å². The smallest absolute Gasteiger partial charge is 0.238 e. The standard InChI is InChI=1S/C10H19N7S/c1-5-12-8-14-9(13-6(2)3)16-10(15-8)17(4)7(11)18/h6H,5H2,1-4H3,(H2,11,18)(H2,12,13,14,15,16). The van der Waals surface area contributed by atoms with E-state index in [2.05, 4.69) is 25.6 Å². The van der Waals surface area contributed by atoms with E-state index >= 15 is 0 Å². The fourth-order valence-electron chi connectivity index (χ4n) is 1.17. The van der Waals surface area contributed by atoms with Crippen LogP contribution in [0.1, 0.15) is 20.8 Å². The zero-order valence-electron chi connectivity index (χ0n) is 11.1. The first-order valence-corrected chi connectivity index (χ1v) is 6.14. The summed E-state index contributed by atoms with van der Waals surface area (Å²) in [4.78, 5) is 14.3. The lowest BCUT2D eigenvalue weighted by Gasteiger charge is -2.17. The molecule has 1 heterocycles. The van der Waals surface area contributed by atoms with Crippen molar-refractivity contribution in [3.8, 4) is 0 Å². The summed E-state index contributed by atoms with van der Waals surface area (Å²) in [5.41, 5.74) is 5.56. The Balaban J connectivity index is 3.08. The van der Waals surface area contributed by atoms with Crippen molar-refractivity contribution in [3.05, 3.63) is 0 Å². The molecule has 4 N–H and O–H groups in total. The normalized spacial score (nSPS) is 10.3. The number of aromatic nitrogens is 3. The van der Waals surface area contributed by atoms with Gasteiger partial charge >= 0.3 is 0 Å². The lowest BCUT2D eigenvalue weighted by molar-refractivity contribution is 0.863. The van der Waals surface area contributed by atoms with Crippen LogP contribution in [0.4, 0.5) is 17.8 Å². The van der Waals surface area contributed by atoms with E-state index in [0.29, 0.717) is 17.8 Å². The fraction of sp³-hybridized carbons (Fsp3) is 0.600. The molecule has 0 saturated carbocycles. The maximum absolute atomic E-state index is 5.56. The molecule has 0 aliphatic rings. The molecule has 0 saturated heterocycles. The van der Waals surface area contributed by atoms with Gasteiger partial charge in [0.25, 0.3) is 0 Å². The van der Waals surface area contributed by atoms with Gasteiger partial charge in [0, 0.05) is 19.6 Å². The lowest BCUT2D eigenvalue weighted by atomic mass is 10.4. The summed E-state index contributed by atoms with van der Waals surface area (Å²) in [7, 11) is 1.71. The van der Waals surface area contributed by atoms with E-state index in [1.54, 1.807) is 7.05 Å². The number of rotatable bonds is 5. The molecule has 100 valence electrons. The van der Waals surface area contributed by atoms with E-state index in [9.17, 15) is 0 Å². The van der Waals surface area contributed by atoms with Crippen LogP contribution in [0.15, 0.2) is 0 Å². The maximum atomic E-state index is 5.56. The molecule has 0 spiro atoms. The topological polar surface area (TPSA) is 92.0 Å². The van der Waals surface area contributed by atoms with Crippen LogP contribution in [-0.2, 0) is 0 Å². The van der Waals surface area contributed by atoms with Crippen LogP contribution in [0.5, 0.6) is 0 Å². The van der Waals surface area contributed by atoms with E-state index in [-0.39, 0.29) is 11.2 Å². The number of hydrogen-bond donors (Lipinski definition) is 3. The number of hydrogen-bond acceptors (Lipinski definition) is 6. The van der Waals surface area contributed by atoms with E-state index in [1.807, 2.05) is 20.8 Å². The third kappa shape index (κ3) is 3.95. The second kappa shape index (κ2) is 6.29. The van der Waals surface area contributed by atoms with Crippen LogP contribution in [-0.4, -0.2) is 39.7 Å². The molecule has 18 heavy (non-hydrogen) atoms. The van der Waals surface area contributed by atoms with Gasteiger partial charge in [-0.25, -0.2) is 0 Å². The molecule has 0 fully saturated rings. The molecule has 0 radical (unpaired) electrons. The number of nitrogens with two attached hydrogens (primary N) is 1. The molecule has 8 heteroatoms. The summed E-state index contributed by atoms with van der Waals surface area (Å²) >= 11 is 4.90. The van der Waals surface area contributed by atoms with E-state index in [4.69, 9.17) is 18.0 Å². The molecular weight excluding hydrogens is 250 g/mol. The van der Waals surface area contributed by atoms with Gasteiger partial charge in [0.05, 0.1) is 0 Å². The summed E-state index contributed by atoms with van der Waals surface area (Å²) in [6.07, 6.45) is 0. The van der Waals surface area contributed by atoms with Crippen molar-refractivity contribution < 1.29 is 0 Å². The van der Waals surface area contributed by atoms with Gasteiger partial charge in [-0.3, -0.25) is 4.90 Å². The predicted molar refractivity (Wildman–Crippen MR) is 77.9 cm³/mol. The Morgan fingerprint density at radius 3 is 2.44 bits per heavy atom. The van der Waals surface area contributed by atoms with Crippen LogP contribution >= 0.6 is 12.2 Å². The maximum Gasteiger partial charge on any atom is 0.238 e. The first-order valence-electron chi connectivity index (χ1n) is 5.73. The Bertz CT molecular complexity index is 421. The van der Waals surface area contributed by atoms with Crippen LogP contribution in [0.25, 0.3) is 0 Å². The average molecular weight is 269 g/mol. The molecule has 1 aromatic heterocycles. The van der Waals surface area contributed by atoms with Crippen LogP contribution in [0, 0.1) is 0 Å². The van der Waals surface area contributed by atoms with E-state index in [1.165, 1.54) is 4.90 Å². The van der Waals surface area contributed by atoms with Crippen molar-refractivity contribution >= 4 is 35.2 Å². The molecule has 0 aromatic carbocycles. The molecule has 1 rings (SSSR count). The highest BCUT2D eigenvalue weighted by Gasteiger charge is 2.12. The van der Waals surface area contributed by atoms with Crippen molar-refractivity contribution in [1.82, 2.24) is 15.0 Å². The monoisotopic (exact) mass is 269 g/mol. The molecule has 7 nitrogen and oxygen atoms in total. The van der Waals surface area contributed by atoms with Gasteiger partial charge in [-0.2, -0.15) is 15.0 Å². The summed E-state index contributed by atoms with van der Waals surface area (Å²) in [6, 6.07) is 0.227. The van der Waals surface area contributed by atoms with Gasteiger partial charge in [0.2, 0.25) is 17.8 Å². The minimum Gasteiger partial charge on any atom is -0.376 e. The van der Waals surface area contributed by atoms with E-state index < -0.39 is 0 Å². The highest BCUT2D eigenvalue weighted by atomic mass is 32.1.